The number of thiocarbonyl (C=S) groups is 1. The van der Waals surface area contributed by atoms with Crippen molar-refractivity contribution in [2.75, 3.05) is 14.2 Å². The molecule has 0 aliphatic rings. The number of rotatable bonds is 3. The second-order valence-corrected chi connectivity index (χ2v) is 2.84. The van der Waals surface area contributed by atoms with E-state index in [0.29, 0.717) is 0 Å². The van der Waals surface area contributed by atoms with Gasteiger partial charge in [-0.2, -0.15) is 0 Å². The summed E-state index contributed by atoms with van der Waals surface area (Å²) in [6.45, 7) is 0. The molecule has 0 aliphatic heterocycles. The van der Waals surface area contributed by atoms with Gasteiger partial charge in [-0.1, -0.05) is 12.2 Å². The summed E-state index contributed by atoms with van der Waals surface area (Å²) >= 11 is 8.28. The van der Waals surface area contributed by atoms with Gasteiger partial charge >= 0.3 is 5.97 Å². The zero-order valence-electron chi connectivity index (χ0n) is 6.53. The molecule has 0 fully saturated rings. The minimum absolute atomic E-state index is 0.0822. The van der Waals surface area contributed by atoms with Crippen LogP contribution < -0.4 is 0 Å². The van der Waals surface area contributed by atoms with Gasteiger partial charge in [0, 0.05) is 0 Å². The Morgan fingerprint density at radius 2 is 1.92 bits per heavy atom. The van der Waals surface area contributed by atoms with Crippen molar-refractivity contribution in [1.82, 2.24) is 0 Å². The predicted octanol–water partition coefficient (Wildman–Crippen LogP) is 0.833. The van der Waals surface area contributed by atoms with Crippen molar-refractivity contribution in [3.05, 3.63) is 11.5 Å². The van der Waals surface area contributed by atoms with Crippen molar-refractivity contribution in [1.29, 1.82) is 0 Å². The summed E-state index contributed by atoms with van der Waals surface area (Å²) in [6.07, 6.45) is 0. The molecule has 0 aliphatic carbocycles. The van der Waals surface area contributed by atoms with Crippen LogP contribution in [0.5, 0.6) is 0 Å². The van der Waals surface area contributed by atoms with E-state index in [-0.39, 0.29) is 9.77 Å². The Morgan fingerprint density at radius 1 is 1.42 bits per heavy atom. The van der Waals surface area contributed by atoms with Gasteiger partial charge in [0.25, 0.3) is 5.95 Å². The first-order valence-corrected chi connectivity index (χ1v) is 3.69. The number of esters is 1. The molecule has 0 spiro atoms. The Morgan fingerprint density at radius 3 is 2.17 bits per heavy atom. The highest BCUT2D eigenvalue weighted by molar-refractivity contribution is 8.12. The van der Waals surface area contributed by atoms with Gasteiger partial charge < -0.3 is 14.6 Å². The molecule has 4 nitrogen and oxygen atoms in total. The van der Waals surface area contributed by atoms with Crippen LogP contribution in [-0.4, -0.2) is 29.5 Å². The Hall–Kier alpha value is -0.750. The molecule has 0 rings (SSSR count). The van der Waals surface area contributed by atoms with Crippen LogP contribution in [0.15, 0.2) is 11.5 Å². The summed E-state index contributed by atoms with van der Waals surface area (Å²) in [7, 11) is 2.36. The first-order chi connectivity index (χ1) is 5.54. The fourth-order valence-electron chi connectivity index (χ4n) is 0.470. The Bertz CT molecular complexity index is 234. The Labute approximate surface area is 80.6 Å². The van der Waals surface area contributed by atoms with Crippen LogP contribution in [0, 0.1) is 0 Å². The molecular formula is C6H8O4S2. The van der Waals surface area contributed by atoms with E-state index in [4.69, 9.17) is 5.11 Å². The molecule has 0 atom stereocenters. The van der Waals surface area contributed by atoms with Gasteiger partial charge in [0.15, 0.2) is 5.57 Å². The topological polar surface area (TPSA) is 55.8 Å². The fourth-order valence-corrected chi connectivity index (χ4v) is 0.828. The SMILES string of the molecule is COC(=O)/C(C(=S)S)=C(\O)OC. The molecule has 1 N–H and O–H groups in total. The maximum absolute atomic E-state index is 10.9. The number of carbonyl (C=O) groups is 1. The van der Waals surface area contributed by atoms with Gasteiger partial charge in [-0.3, -0.25) is 0 Å². The van der Waals surface area contributed by atoms with Crippen LogP contribution in [0.25, 0.3) is 0 Å². The second-order valence-electron chi connectivity index (χ2n) is 1.68. The molecule has 6 heteroatoms. The number of methoxy groups -OCH3 is 2. The number of ether oxygens (including phenoxy) is 2. The predicted molar refractivity (Wildman–Crippen MR) is 50.3 cm³/mol. The molecule has 0 aromatic heterocycles. The maximum atomic E-state index is 10.9. The second kappa shape index (κ2) is 5.00. The molecule has 0 saturated heterocycles. The van der Waals surface area contributed by atoms with E-state index in [9.17, 15) is 4.79 Å². The Balaban J connectivity index is 4.91. The highest BCUT2D eigenvalue weighted by Gasteiger charge is 2.19. The molecule has 0 unspecified atom stereocenters. The largest absolute Gasteiger partial charge is 0.480 e. The van der Waals surface area contributed by atoms with E-state index in [1.54, 1.807) is 0 Å². The number of aliphatic hydroxyl groups excluding tert-OH is 1. The van der Waals surface area contributed by atoms with Crippen molar-refractivity contribution in [3.8, 4) is 0 Å². The number of hydrogen-bond donors (Lipinski definition) is 2. The summed E-state index contributed by atoms with van der Waals surface area (Å²) in [4.78, 5) is 10.9. The summed E-state index contributed by atoms with van der Waals surface area (Å²) in [5.74, 6) is -1.38. The van der Waals surface area contributed by atoms with Crippen LogP contribution in [0.4, 0.5) is 0 Å². The molecule has 0 bridgehead atoms. The lowest BCUT2D eigenvalue weighted by Crippen LogP contribution is -2.13. The molecular weight excluding hydrogens is 200 g/mol. The minimum Gasteiger partial charge on any atom is -0.480 e. The first kappa shape index (κ1) is 11.2. The first-order valence-electron chi connectivity index (χ1n) is 2.83. The molecule has 12 heavy (non-hydrogen) atoms. The van der Waals surface area contributed by atoms with E-state index in [1.165, 1.54) is 7.11 Å². The van der Waals surface area contributed by atoms with Crippen LogP contribution >= 0.6 is 24.8 Å². The van der Waals surface area contributed by atoms with Gasteiger partial charge in [-0.05, 0) is 0 Å². The summed E-state index contributed by atoms with van der Waals surface area (Å²) < 4.78 is 8.64. The average Bonchev–Trinajstić information content (AvgIpc) is 2.03. The third-order valence-corrected chi connectivity index (χ3v) is 1.44. The van der Waals surface area contributed by atoms with Crippen LogP contribution in [0.1, 0.15) is 0 Å². The zero-order valence-corrected chi connectivity index (χ0v) is 8.24. The normalized spacial score (nSPS) is 11.6. The number of hydrogen-bond acceptors (Lipinski definition) is 5. The van der Waals surface area contributed by atoms with E-state index in [2.05, 4.69) is 34.3 Å². The summed E-state index contributed by atoms with van der Waals surface area (Å²) in [5, 5.41) is 9.01. The highest BCUT2D eigenvalue weighted by Crippen LogP contribution is 2.09. The molecule has 0 aromatic rings. The molecule has 68 valence electrons. The molecule has 0 heterocycles. The van der Waals surface area contributed by atoms with Gasteiger partial charge in [-0.15, -0.1) is 12.6 Å². The third-order valence-electron chi connectivity index (χ3n) is 1.01. The van der Waals surface area contributed by atoms with Gasteiger partial charge in [0.1, 0.15) is 0 Å². The standard InChI is InChI=1S/C6H8O4S2/c1-9-4(7)3(6(11)12)5(8)10-2/h7H,1-2H3,(H,11,12)/b4-3-. The van der Waals surface area contributed by atoms with Crippen LogP contribution in [0.3, 0.4) is 0 Å². The van der Waals surface area contributed by atoms with Gasteiger partial charge in [-0.25, -0.2) is 4.79 Å². The highest BCUT2D eigenvalue weighted by atomic mass is 32.1. The van der Waals surface area contributed by atoms with E-state index in [0.717, 1.165) is 7.11 Å². The molecule has 0 saturated carbocycles. The summed E-state index contributed by atoms with van der Waals surface area (Å²) in [5.41, 5.74) is -0.252. The Kier molecular flexibility index (Phi) is 4.68. The van der Waals surface area contributed by atoms with E-state index < -0.39 is 11.9 Å². The van der Waals surface area contributed by atoms with E-state index >= 15 is 0 Å². The van der Waals surface area contributed by atoms with Crippen LogP contribution in [-0.2, 0) is 14.3 Å². The molecule has 0 radical (unpaired) electrons. The lowest BCUT2D eigenvalue weighted by atomic mass is 10.3. The molecule has 0 amide bonds. The lowest BCUT2D eigenvalue weighted by Gasteiger charge is -2.04. The van der Waals surface area contributed by atoms with Gasteiger partial charge in [0.2, 0.25) is 0 Å². The van der Waals surface area contributed by atoms with Crippen LogP contribution in [0.2, 0.25) is 0 Å². The fraction of sp³-hybridized carbons (Fsp3) is 0.333. The van der Waals surface area contributed by atoms with Crippen molar-refractivity contribution >= 4 is 35.0 Å². The van der Waals surface area contributed by atoms with Crippen molar-refractivity contribution in [2.24, 2.45) is 0 Å². The third kappa shape index (κ3) is 2.71. The van der Waals surface area contributed by atoms with Crippen molar-refractivity contribution in [2.45, 2.75) is 0 Å². The van der Waals surface area contributed by atoms with Gasteiger partial charge in [0.05, 0.1) is 18.4 Å². The molecule has 0 aromatic carbocycles. The van der Waals surface area contributed by atoms with Crippen molar-refractivity contribution in [3.63, 3.8) is 0 Å². The number of thiol groups is 1. The van der Waals surface area contributed by atoms with Crippen molar-refractivity contribution < 1.29 is 19.4 Å². The van der Waals surface area contributed by atoms with E-state index in [1.807, 2.05) is 0 Å². The maximum Gasteiger partial charge on any atom is 0.347 e. The summed E-state index contributed by atoms with van der Waals surface area (Å²) in [6, 6.07) is 0. The minimum atomic E-state index is -0.783. The smallest absolute Gasteiger partial charge is 0.347 e. The average molecular weight is 208 g/mol. The number of aliphatic hydroxyl groups is 1. The number of carbonyl (C=O) groups excluding carboxylic acids is 1. The lowest BCUT2D eigenvalue weighted by molar-refractivity contribution is -0.136. The zero-order chi connectivity index (χ0) is 9.72. The quantitative estimate of drug-likeness (QED) is 0.236. The monoisotopic (exact) mass is 208 g/mol.